The molecule has 0 aromatic heterocycles. The topological polar surface area (TPSA) is 86.8 Å². The van der Waals surface area contributed by atoms with Gasteiger partial charge in [-0.15, -0.1) is 11.8 Å². The molecule has 1 aromatic carbocycles. The van der Waals surface area contributed by atoms with Crippen LogP contribution in [0.25, 0.3) is 0 Å². The number of benzene rings is 1. The van der Waals surface area contributed by atoms with Crippen LogP contribution in [0.3, 0.4) is 0 Å². The minimum absolute atomic E-state index is 0.0374. The Bertz CT molecular complexity index is 818. The molecule has 0 atom stereocenters. The summed E-state index contributed by atoms with van der Waals surface area (Å²) in [7, 11) is -3.66. The maximum atomic E-state index is 13.1. The molecule has 2 rings (SSSR count). The quantitative estimate of drug-likeness (QED) is 0.654. The van der Waals surface area contributed by atoms with Gasteiger partial charge in [0.1, 0.15) is 6.54 Å². The molecule has 0 unspecified atom stereocenters. The van der Waals surface area contributed by atoms with E-state index in [9.17, 15) is 18.0 Å². The van der Waals surface area contributed by atoms with Gasteiger partial charge in [0, 0.05) is 24.0 Å². The number of anilines is 1. The smallest absolute Gasteiger partial charge is 0.243 e. The number of nitrogens with one attached hydrogen (secondary N) is 1. The summed E-state index contributed by atoms with van der Waals surface area (Å²) in [4.78, 5) is 27.0. The van der Waals surface area contributed by atoms with Crippen LogP contribution in [0, 0.1) is 0 Å². The lowest BCUT2D eigenvalue weighted by molar-refractivity contribution is -0.123. The van der Waals surface area contributed by atoms with E-state index in [4.69, 9.17) is 0 Å². The monoisotopic (exact) mass is 427 g/mol. The Labute approximate surface area is 171 Å². The molecule has 0 radical (unpaired) electrons. The SMILES string of the molecule is CCCN(CCC)S(=O)(=O)c1ccc2c(c1)N(CC(=O)NC(C)C)C(=O)CS2. The largest absolute Gasteiger partial charge is 0.352 e. The van der Waals surface area contributed by atoms with Gasteiger partial charge in [-0.3, -0.25) is 9.59 Å². The standard InChI is InChI=1S/C19H29N3O4S2/c1-5-9-21(10-6-2)28(25,26)15-7-8-17-16(11-15)22(19(24)13-27-17)12-18(23)20-14(3)4/h7-8,11,14H,5-6,9-10,12-13H2,1-4H3,(H,20,23). The molecule has 1 N–H and O–H groups in total. The zero-order valence-corrected chi connectivity index (χ0v) is 18.5. The van der Waals surface area contributed by atoms with Crippen molar-refractivity contribution < 1.29 is 18.0 Å². The van der Waals surface area contributed by atoms with Gasteiger partial charge in [-0.2, -0.15) is 4.31 Å². The third kappa shape index (κ3) is 5.27. The Morgan fingerprint density at radius 2 is 1.89 bits per heavy atom. The first-order valence-corrected chi connectivity index (χ1v) is 12.0. The summed E-state index contributed by atoms with van der Waals surface area (Å²) < 4.78 is 27.7. The van der Waals surface area contributed by atoms with Crippen molar-refractivity contribution in [1.82, 2.24) is 9.62 Å². The zero-order chi connectivity index (χ0) is 20.9. The first-order chi connectivity index (χ1) is 13.2. The highest BCUT2D eigenvalue weighted by atomic mass is 32.2. The number of thioether (sulfide) groups is 1. The highest BCUT2D eigenvalue weighted by Crippen LogP contribution is 2.37. The lowest BCUT2D eigenvalue weighted by Gasteiger charge is -2.30. The number of carbonyl (C=O) groups is 2. The molecule has 1 aromatic rings. The average molecular weight is 428 g/mol. The first-order valence-electron chi connectivity index (χ1n) is 9.57. The van der Waals surface area contributed by atoms with Gasteiger partial charge in [-0.25, -0.2) is 8.42 Å². The summed E-state index contributed by atoms with van der Waals surface area (Å²) in [5, 5.41) is 2.77. The van der Waals surface area contributed by atoms with Crippen molar-refractivity contribution in [2.24, 2.45) is 0 Å². The number of carbonyl (C=O) groups excluding carboxylic acids is 2. The second-order valence-corrected chi connectivity index (χ2v) is 9.98. The molecule has 1 aliphatic heterocycles. The van der Waals surface area contributed by atoms with Crippen molar-refractivity contribution in [1.29, 1.82) is 0 Å². The van der Waals surface area contributed by atoms with Crippen LogP contribution in [-0.2, 0) is 19.6 Å². The average Bonchev–Trinajstić information content (AvgIpc) is 2.63. The molecule has 7 nitrogen and oxygen atoms in total. The van der Waals surface area contributed by atoms with Gasteiger partial charge in [0.2, 0.25) is 21.8 Å². The van der Waals surface area contributed by atoms with E-state index in [-0.39, 0.29) is 35.0 Å². The number of amides is 2. The van der Waals surface area contributed by atoms with E-state index in [1.165, 1.54) is 27.0 Å². The fourth-order valence-corrected chi connectivity index (χ4v) is 5.59. The van der Waals surface area contributed by atoms with E-state index in [1.54, 1.807) is 12.1 Å². The van der Waals surface area contributed by atoms with Crippen LogP contribution in [0.4, 0.5) is 5.69 Å². The summed E-state index contributed by atoms with van der Waals surface area (Å²) in [6, 6.07) is 4.80. The number of sulfonamides is 1. The van der Waals surface area contributed by atoms with E-state index in [0.29, 0.717) is 18.8 Å². The lowest BCUT2D eigenvalue weighted by atomic mass is 10.2. The van der Waals surface area contributed by atoms with Crippen molar-refractivity contribution in [3.8, 4) is 0 Å². The Balaban J connectivity index is 2.40. The molecule has 2 amide bonds. The van der Waals surface area contributed by atoms with Gasteiger partial charge < -0.3 is 10.2 Å². The number of nitrogens with zero attached hydrogens (tertiary/aromatic N) is 2. The summed E-state index contributed by atoms with van der Waals surface area (Å²) in [6.45, 7) is 8.34. The molecule has 0 saturated carbocycles. The maximum absolute atomic E-state index is 13.1. The molecule has 0 saturated heterocycles. The first kappa shape index (κ1) is 22.7. The van der Waals surface area contributed by atoms with Crippen LogP contribution >= 0.6 is 11.8 Å². The Morgan fingerprint density at radius 3 is 2.46 bits per heavy atom. The molecule has 28 heavy (non-hydrogen) atoms. The second kappa shape index (κ2) is 9.76. The van der Waals surface area contributed by atoms with Crippen LogP contribution in [0.2, 0.25) is 0 Å². The molecule has 9 heteroatoms. The number of hydrogen-bond donors (Lipinski definition) is 1. The number of hydrogen-bond acceptors (Lipinski definition) is 5. The van der Waals surface area contributed by atoms with E-state index in [1.807, 2.05) is 27.7 Å². The van der Waals surface area contributed by atoms with Crippen LogP contribution < -0.4 is 10.2 Å². The normalized spacial score (nSPS) is 14.5. The Morgan fingerprint density at radius 1 is 1.25 bits per heavy atom. The van der Waals surface area contributed by atoms with E-state index in [0.717, 1.165) is 17.7 Å². The predicted octanol–water partition coefficient (Wildman–Crippen LogP) is 2.46. The third-order valence-electron chi connectivity index (χ3n) is 4.21. The van der Waals surface area contributed by atoms with Gasteiger partial charge >= 0.3 is 0 Å². The third-order valence-corrected chi connectivity index (χ3v) is 7.15. The summed E-state index contributed by atoms with van der Waals surface area (Å²) >= 11 is 1.36. The van der Waals surface area contributed by atoms with E-state index >= 15 is 0 Å². The van der Waals surface area contributed by atoms with Crippen molar-refractivity contribution in [3.05, 3.63) is 18.2 Å². The summed E-state index contributed by atoms with van der Waals surface area (Å²) in [5.74, 6) is -0.246. The number of rotatable bonds is 9. The van der Waals surface area contributed by atoms with Crippen molar-refractivity contribution in [2.75, 3.05) is 30.3 Å². The molecule has 0 bridgehead atoms. The summed E-state index contributed by atoms with van der Waals surface area (Å²) in [5.41, 5.74) is 0.481. The Hall–Kier alpha value is -1.58. The maximum Gasteiger partial charge on any atom is 0.243 e. The minimum atomic E-state index is -3.66. The summed E-state index contributed by atoms with van der Waals surface area (Å²) in [6.07, 6.45) is 1.44. The van der Waals surface area contributed by atoms with Gasteiger partial charge in [-0.1, -0.05) is 13.8 Å². The lowest BCUT2D eigenvalue weighted by Crippen LogP contribution is -2.45. The fraction of sp³-hybridized carbons (Fsp3) is 0.579. The molecule has 0 fully saturated rings. The highest BCUT2D eigenvalue weighted by molar-refractivity contribution is 8.00. The zero-order valence-electron chi connectivity index (χ0n) is 16.9. The van der Waals surface area contributed by atoms with Gasteiger partial charge in [0.25, 0.3) is 0 Å². The molecule has 156 valence electrons. The predicted molar refractivity (Wildman–Crippen MR) is 112 cm³/mol. The fourth-order valence-electron chi connectivity index (χ4n) is 3.03. The second-order valence-electron chi connectivity index (χ2n) is 7.02. The Kier molecular flexibility index (Phi) is 7.91. The molecule has 1 heterocycles. The van der Waals surface area contributed by atoms with Crippen LogP contribution in [0.15, 0.2) is 28.0 Å². The van der Waals surface area contributed by atoms with E-state index in [2.05, 4.69) is 5.32 Å². The van der Waals surface area contributed by atoms with Gasteiger partial charge in [-0.05, 0) is 44.9 Å². The molecule has 0 spiro atoms. The van der Waals surface area contributed by atoms with Crippen LogP contribution in [0.1, 0.15) is 40.5 Å². The van der Waals surface area contributed by atoms with E-state index < -0.39 is 10.0 Å². The van der Waals surface area contributed by atoms with Gasteiger partial charge in [0.05, 0.1) is 16.3 Å². The van der Waals surface area contributed by atoms with Crippen molar-refractivity contribution in [2.45, 2.75) is 56.4 Å². The number of fused-ring (bicyclic) bond motifs is 1. The molecular formula is C19H29N3O4S2. The molecule has 1 aliphatic rings. The molecule has 0 aliphatic carbocycles. The van der Waals surface area contributed by atoms with Crippen molar-refractivity contribution >= 4 is 39.3 Å². The highest BCUT2D eigenvalue weighted by Gasteiger charge is 2.30. The minimum Gasteiger partial charge on any atom is -0.352 e. The van der Waals surface area contributed by atoms with Crippen LogP contribution in [-0.4, -0.2) is 56.0 Å². The van der Waals surface area contributed by atoms with Gasteiger partial charge in [0.15, 0.2) is 0 Å². The van der Waals surface area contributed by atoms with Crippen LogP contribution in [0.5, 0.6) is 0 Å². The van der Waals surface area contributed by atoms with Crippen molar-refractivity contribution in [3.63, 3.8) is 0 Å². The molecular weight excluding hydrogens is 398 g/mol.